The minimum atomic E-state index is -0.301. The van der Waals surface area contributed by atoms with Crippen molar-refractivity contribution in [2.45, 2.75) is 26.8 Å². The number of piperazine rings is 1. The van der Waals surface area contributed by atoms with Crippen molar-refractivity contribution in [1.82, 2.24) is 30.1 Å². The van der Waals surface area contributed by atoms with Crippen molar-refractivity contribution in [1.29, 1.82) is 5.26 Å². The van der Waals surface area contributed by atoms with Crippen LogP contribution in [-0.4, -0.2) is 89.5 Å². The van der Waals surface area contributed by atoms with Crippen molar-refractivity contribution in [3.63, 3.8) is 0 Å². The van der Waals surface area contributed by atoms with E-state index in [0.29, 0.717) is 12.1 Å². The van der Waals surface area contributed by atoms with Gasteiger partial charge in [-0.3, -0.25) is 14.6 Å². The number of rotatable bonds is 15. The molecule has 2 heterocycles. The van der Waals surface area contributed by atoms with Crippen molar-refractivity contribution in [2.24, 2.45) is 5.92 Å². The van der Waals surface area contributed by atoms with E-state index in [1.807, 2.05) is 56.3 Å². The van der Waals surface area contributed by atoms with E-state index in [4.69, 9.17) is 11.6 Å². The summed E-state index contributed by atoms with van der Waals surface area (Å²) >= 11 is 6.32. The Hall–Kier alpha value is -3.13. The van der Waals surface area contributed by atoms with Crippen molar-refractivity contribution in [2.75, 3.05) is 63.9 Å². The van der Waals surface area contributed by atoms with Gasteiger partial charge in [0.2, 0.25) is 5.82 Å². The molecule has 2 aromatic rings. The quantitative estimate of drug-likeness (QED) is 0.256. The molecular formula is C30H41ClN8O. The lowest BCUT2D eigenvalue weighted by Crippen LogP contribution is -2.46. The second kappa shape index (κ2) is 16.2. The SMILES string of the molecule is C=CCN(CC=C)CCCN1CCN(Cc2ccc(C(=O)N(NCC(C)C)c3nc(C#N)ncc3Cl)cc2)CC1. The Balaban J connectivity index is 1.55. The number of carbonyl (C=O) groups is 1. The lowest BCUT2D eigenvalue weighted by Gasteiger charge is -2.35. The molecule has 0 saturated carbocycles. The van der Waals surface area contributed by atoms with E-state index in [2.05, 4.69) is 43.3 Å². The van der Waals surface area contributed by atoms with Crippen LogP contribution < -0.4 is 10.4 Å². The monoisotopic (exact) mass is 564 g/mol. The van der Waals surface area contributed by atoms with E-state index in [9.17, 15) is 10.1 Å². The molecule has 10 heteroatoms. The van der Waals surface area contributed by atoms with Crippen LogP contribution in [0.5, 0.6) is 0 Å². The molecule has 1 aromatic carbocycles. The molecule has 0 bridgehead atoms. The number of hydrogen-bond acceptors (Lipinski definition) is 8. The Morgan fingerprint density at radius 2 is 1.80 bits per heavy atom. The smallest absolute Gasteiger partial charge is 0.274 e. The average molecular weight is 565 g/mol. The first-order valence-electron chi connectivity index (χ1n) is 13.8. The number of nitrogens with one attached hydrogen (secondary N) is 1. The van der Waals surface area contributed by atoms with Gasteiger partial charge in [-0.2, -0.15) is 10.2 Å². The number of hydrogen-bond donors (Lipinski definition) is 1. The highest BCUT2D eigenvalue weighted by Crippen LogP contribution is 2.23. The minimum Gasteiger partial charge on any atom is -0.301 e. The molecule has 0 atom stereocenters. The zero-order valence-corrected chi connectivity index (χ0v) is 24.5. The topological polar surface area (TPSA) is 91.6 Å². The minimum absolute atomic E-state index is 0.0543. The molecule has 40 heavy (non-hydrogen) atoms. The fourth-order valence-electron chi connectivity index (χ4n) is 4.54. The summed E-state index contributed by atoms with van der Waals surface area (Å²) in [6.45, 7) is 21.2. The van der Waals surface area contributed by atoms with E-state index in [-0.39, 0.29) is 28.5 Å². The van der Waals surface area contributed by atoms with Gasteiger partial charge in [0.15, 0.2) is 5.82 Å². The van der Waals surface area contributed by atoms with Gasteiger partial charge in [0.05, 0.1) is 6.20 Å². The molecule has 0 spiro atoms. The van der Waals surface area contributed by atoms with E-state index in [0.717, 1.165) is 70.9 Å². The van der Waals surface area contributed by atoms with Gasteiger partial charge in [-0.1, -0.05) is 49.7 Å². The first-order chi connectivity index (χ1) is 19.3. The van der Waals surface area contributed by atoms with Crippen molar-refractivity contribution < 1.29 is 4.79 Å². The summed E-state index contributed by atoms with van der Waals surface area (Å²) in [6.07, 6.45) is 6.37. The van der Waals surface area contributed by atoms with Gasteiger partial charge in [-0.25, -0.2) is 15.4 Å². The molecule has 0 unspecified atom stereocenters. The Morgan fingerprint density at radius 1 is 1.15 bits per heavy atom. The molecule has 1 aliphatic heterocycles. The number of halogens is 1. The molecule has 9 nitrogen and oxygen atoms in total. The summed E-state index contributed by atoms with van der Waals surface area (Å²) in [5, 5.41) is 10.7. The van der Waals surface area contributed by atoms with Crippen LogP contribution in [0.15, 0.2) is 55.8 Å². The van der Waals surface area contributed by atoms with Crippen molar-refractivity contribution >= 4 is 23.3 Å². The zero-order chi connectivity index (χ0) is 28.9. The lowest BCUT2D eigenvalue weighted by molar-refractivity contribution is 0.0972. The Labute approximate surface area is 243 Å². The highest BCUT2D eigenvalue weighted by molar-refractivity contribution is 6.33. The van der Waals surface area contributed by atoms with Crippen molar-refractivity contribution in [3.05, 3.63) is 77.7 Å². The Bertz CT molecular complexity index is 1150. The number of nitriles is 1. The molecule has 1 amide bonds. The normalized spacial score (nSPS) is 14.3. The van der Waals surface area contributed by atoms with Gasteiger partial charge in [-0.15, -0.1) is 13.2 Å². The van der Waals surface area contributed by atoms with Gasteiger partial charge >= 0.3 is 0 Å². The molecule has 1 N–H and O–H groups in total. The molecule has 1 aliphatic rings. The van der Waals surface area contributed by atoms with Gasteiger partial charge in [0.25, 0.3) is 5.91 Å². The molecule has 0 radical (unpaired) electrons. The molecule has 214 valence electrons. The Morgan fingerprint density at radius 3 is 2.40 bits per heavy atom. The summed E-state index contributed by atoms with van der Waals surface area (Å²) < 4.78 is 0. The summed E-state index contributed by atoms with van der Waals surface area (Å²) in [5.41, 5.74) is 4.77. The molecular weight excluding hydrogens is 524 g/mol. The molecule has 1 fully saturated rings. The van der Waals surface area contributed by atoms with Gasteiger partial charge in [0.1, 0.15) is 11.1 Å². The largest absolute Gasteiger partial charge is 0.301 e. The first-order valence-corrected chi connectivity index (χ1v) is 14.2. The van der Waals surface area contributed by atoms with E-state index in [1.165, 1.54) is 11.2 Å². The number of carbonyl (C=O) groups excluding carboxylic acids is 1. The highest BCUT2D eigenvalue weighted by atomic mass is 35.5. The molecule has 1 saturated heterocycles. The second-order valence-electron chi connectivity index (χ2n) is 10.4. The van der Waals surface area contributed by atoms with Crippen LogP contribution in [0, 0.1) is 17.2 Å². The lowest BCUT2D eigenvalue weighted by atomic mass is 10.1. The molecule has 1 aromatic heterocycles. The fourth-order valence-corrected chi connectivity index (χ4v) is 4.71. The predicted octanol–water partition coefficient (Wildman–Crippen LogP) is 3.99. The third-order valence-corrected chi connectivity index (χ3v) is 6.96. The van der Waals surface area contributed by atoms with Gasteiger partial charge in [0, 0.05) is 64.5 Å². The maximum absolute atomic E-state index is 13.5. The maximum Gasteiger partial charge on any atom is 0.274 e. The number of anilines is 1. The zero-order valence-electron chi connectivity index (χ0n) is 23.7. The van der Waals surface area contributed by atoms with Gasteiger partial charge in [-0.05, 0) is 36.6 Å². The summed E-state index contributed by atoms with van der Waals surface area (Å²) in [4.78, 5) is 28.9. The predicted molar refractivity (Wildman–Crippen MR) is 161 cm³/mol. The maximum atomic E-state index is 13.5. The van der Waals surface area contributed by atoms with Crippen LogP contribution in [0.25, 0.3) is 0 Å². The number of amides is 1. The molecule has 3 rings (SSSR count). The summed E-state index contributed by atoms with van der Waals surface area (Å²) in [6, 6.07) is 9.56. The van der Waals surface area contributed by atoms with E-state index >= 15 is 0 Å². The summed E-state index contributed by atoms with van der Waals surface area (Å²) in [7, 11) is 0. The fraction of sp³-hybridized carbons (Fsp3) is 0.467. The standard InChI is InChI=1S/C30H41ClN8O/c1-5-12-36(13-6-2)14-7-15-37-16-18-38(19-17-37)23-25-8-10-26(11-9-25)30(40)39(34-21-24(3)4)29-27(31)22-33-28(20-32)35-29/h5-6,8-11,22,24,34H,1-2,7,12-19,21,23H2,3-4H3. The third kappa shape index (κ3) is 9.51. The second-order valence-corrected chi connectivity index (χ2v) is 10.8. The number of aromatic nitrogens is 2. The summed E-state index contributed by atoms with van der Waals surface area (Å²) in [5.74, 6) is 0.0831. The first kappa shape index (κ1) is 31.4. The van der Waals surface area contributed by atoms with E-state index in [1.54, 1.807) is 0 Å². The van der Waals surface area contributed by atoms with Crippen LogP contribution >= 0.6 is 11.6 Å². The highest BCUT2D eigenvalue weighted by Gasteiger charge is 2.23. The Kier molecular flexibility index (Phi) is 12.7. The number of benzene rings is 1. The number of nitrogens with zero attached hydrogens (tertiary/aromatic N) is 7. The van der Waals surface area contributed by atoms with Crippen molar-refractivity contribution in [3.8, 4) is 6.07 Å². The van der Waals surface area contributed by atoms with E-state index < -0.39 is 0 Å². The molecule has 0 aliphatic carbocycles. The van der Waals surface area contributed by atoms with Crippen LogP contribution in [0.2, 0.25) is 5.02 Å². The third-order valence-electron chi connectivity index (χ3n) is 6.69. The van der Waals surface area contributed by atoms with Gasteiger partial charge < -0.3 is 4.90 Å². The van der Waals surface area contributed by atoms with Crippen LogP contribution in [-0.2, 0) is 6.54 Å². The van der Waals surface area contributed by atoms with Crippen LogP contribution in [0.3, 0.4) is 0 Å². The average Bonchev–Trinajstić information content (AvgIpc) is 2.95. The van der Waals surface area contributed by atoms with Crippen LogP contribution in [0.4, 0.5) is 5.82 Å². The van der Waals surface area contributed by atoms with Crippen LogP contribution in [0.1, 0.15) is 42.0 Å². The number of hydrazine groups is 1.